The van der Waals surface area contributed by atoms with Crippen molar-refractivity contribution >= 4 is 23.7 Å². The highest BCUT2D eigenvalue weighted by Gasteiger charge is 2.35. The molecule has 0 saturated carbocycles. The number of fused-ring (bicyclic) bond motifs is 1. The van der Waals surface area contributed by atoms with E-state index in [4.69, 9.17) is 20.2 Å². The number of carboxylic acids is 1. The van der Waals surface area contributed by atoms with Gasteiger partial charge in [0.15, 0.2) is 6.10 Å². The van der Waals surface area contributed by atoms with E-state index in [1.807, 2.05) is 37.3 Å². The van der Waals surface area contributed by atoms with Crippen LogP contribution in [0.2, 0.25) is 0 Å². The van der Waals surface area contributed by atoms with Crippen molar-refractivity contribution in [3.63, 3.8) is 0 Å². The topological polar surface area (TPSA) is 127 Å². The summed E-state index contributed by atoms with van der Waals surface area (Å²) in [5.41, 5.74) is 10.5. The number of allylic oxidation sites excluding steroid dienone is 2. The van der Waals surface area contributed by atoms with E-state index in [0.717, 1.165) is 41.0 Å². The number of pyridine rings is 1. The number of benzene rings is 1. The van der Waals surface area contributed by atoms with Crippen LogP contribution in [0.15, 0.2) is 59.0 Å². The highest BCUT2D eigenvalue weighted by Crippen LogP contribution is 2.39. The van der Waals surface area contributed by atoms with Crippen molar-refractivity contribution in [2.24, 2.45) is 10.7 Å². The molecule has 1 unspecified atom stereocenters. The third kappa shape index (κ3) is 7.11. The number of rotatable bonds is 10. The minimum absolute atomic E-state index is 0.149. The van der Waals surface area contributed by atoms with Gasteiger partial charge in [-0.2, -0.15) is 0 Å². The predicted octanol–water partition coefficient (Wildman–Crippen LogP) is 4.29. The quantitative estimate of drug-likeness (QED) is 0.264. The summed E-state index contributed by atoms with van der Waals surface area (Å²) >= 11 is 0. The molecular formula is C30H38N4O5. The Labute approximate surface area is 230 Å². The Morgan fingerprint density at radius 3 is 2.64 bits per heavy atom. The van der Waals surface area contributed by atoms with Gasteiger partial charge in [0, 0.05) is 36.3 Å². The van der Waals surface area contributed by atoms with Crippen LogP contribution >= 0.6 is 0 Å². The van der Waals surface area contributed by atoms with Gasteiger partial charge in [-0.25, -0.2) is 4.79 Å². The van der Waals surface area contributed by atoms with Crippen LogP contribution in [0.1, 0.15) is 56.5 Å². The zero-order chi connectivity index (χ0) is 28.7. The summed E-state index contributed by atoms with van der Waals surface area (Å²) in [7, 11) is 1.51. The van der Waals surface area contributed by atoms with Gasteiger partial charge in [0.2, 0.25) is 6.41 Å². The molecule has 1 aromatic carbocycles. The fourth-order valence-electron chi connectivity index (χ4n) is 4.59. The molecule has 0 spiro atoms. The fourth-order valence-corrected chi connectivity index (χ4v) is 4.59. The first-order valence-electron chi connectivity index (χ1n) is 12.9. The number of amides is 1. The van der Waals surface area contributed by atoms with Gasteiger partial charge in [-0.3, -0.25) is 14.8 Å². The molecule has 1 aliphatic rings. The first-order valence-corrected chi connectivity index (χ1v) is 12.9. The van der Waals surface area contributed by atoms with Crippen LogP contribution in [-0.2, 0) is 27.3 Å². The molecule has 1 atom stereocenters. The van der Waals surface area contributed by atoms with Gasteiger partial charge in [-0.15, -0.1) is 0 Å². The summed E-state index contributed by atoms with van der Waals surface area (Å²) < 4.78 is 11.9. The Morgan fingerprint density at radius 1 is 1.31 bits per heavy atom. The highest BCUT2D eigenvalue weighted by atomic mass is 16.5. The molecule has 1 amide bonds. The van der Waals surface area contributed by atoms with Crippen LogP contribution in [0, 0.1) is 6.92 Å². The molecule has 3 N–H and O–H groups in total. The summed E-state index contributed by atoms with van der Waals surface area (Å²) in [5.74, 6) is -0.434. The van der Waals surface area contributed by atoms with E-state index < -0.39 is 17.7 Å². The van der Waals surface area contributed by atoms with Gasteiger partial charge < -0.3 is 25.2 Å². The second-order valence-electron chi connectivity index (χ2n) is 10.4. The van der Waals surface area contributed by atoms with Gasteiger partial charge in [-0.1, -0.05) is 12.1 Å². The number of ether oxygens (including phenoxy) is 2. The number of aliphatic imine (C=N–C) groups is 1. The third-order valence-corrected chi connectivity index (χ3v) is 6.42. The van der Waals surface area contributed by atoms with Crippen molar-refractivity contribution in [3.8, 4) is 5.75 Å². The van der Waals surface area contributed by atoms with Crippen molar-refractivity contribution in [1.29, 1.82) is 0 Å². The Balaban J connectivity index is 2.35. The van der Waals surface area contributed by atoms with Crippen molar-refractivity contribution < 1.29 is 24.2 Å². The van der Waals surface area contributed by atoms with Gasteiger partial charge >= 0.3 is 5.97 Å². The molecule has 9 heteroatoms. The van der Waals surface area contributed by atoms with Gasteiger partial charge in [0.25, 0.3) is 0 Å². The second kappa shape index (κ2) is 12.7. The highest BCUT2D eigenvalue weighted by molar-refractivity contribution is 6.13. The molecule has 3 rings (SSSR count). The number of carbonyl (C=O) groups excluding carboxylic acids is 1. The van der Waals surface area contributed by atoms with Gasteiger partial charge in [0.05, 0.1) is 30.1 Å². The molecule has 0 bridgehead atoms. The lowest BCUT2D eigenvalue weighted by Crippen LogP contribution is -2.40. The van der Waals surface area contributed by atoms with Crippen molar-refractivity contribution in [2.45, 2.75) is 65.7 Å². The molecule has 0 aliphatic carbocycles. The number of nitrogens with zero attached hydrogens (tertiary/aromatic N) is 3. The summed E-state index contributed by atoms with van der Waals surface area (Å²) in [6.07, 6.45) is 3.88. The lowest BCUT2D eigenvalue weighted by atomic mass is 9.85. The standard InChI is InChI=1S/C30H38N4O5/c1-19-22-11-9-15-38-25(22)13-12-23(19)26(24(16-31)20(2)33-17-21-10-7-8-14-32-21)27(34(6)18-35)28(29(36)37)39-30(3,4)5/h7-8,10,12-14,16,18,28H,9,11,15,17,31H2,1-6H3,(H,36,37)/b24-16?,27-26-,33-20?. The van der Waals surface area contributed by atoms with Crippen LogP contribution in [0.5, 0.6) is 5.75 Å². The average molecular weight is 535 g/mol. The van der Waals surface area contributed by atoms with Crippen LogP contribution in [0.25, 0.3) is 5.57 Å². The lowest BCUT2D eigenvalue weighted by molar-refractivity contribution is -0.157. The minimum atomic E-state index is -1.47. The van der Waals surface area contributed by atoms with Crippen LogP contribution in [0.3, 0.4) is 0 Å². The molecule has 0 fully saturated rings. The van der Waals surface area contributed by atoms with Crippen molar-refractivity contribution in [1.82, 2.24) is 9.88 Å². The van der Waals surface area contributed by atoms with Crippen molar-refractivity contribution in [2.75, 3.05) is 13.7 Å². The minimum Gasteiger partial charge on any atom is -0.493 e. The monoisotopic (exact) mass is 534 g/mol. The molecule has 0 radical (unpaired) electrons. The Bertz CT molecular complexity index is 1290. The number of aromatic nitrogens is 1. The number of likely N-dealkylation sites (N-methyl/N-ethyl adjacent to an activating group) is 1. The molecule has 9 nitrogen and oxygen atoms in total. The summed E-state index contributed by atoms with van der Waals surface area (Å²) in [4.78, 5) is 35.2. The zero-order valence-electron chi connectivity index (χ0n) is 23.5. The third-order valence-electron chi connectivity index (χ3n) is 6.42. The summed E-state index contributed by atoms with van der Waals surface area (Å²) in [5, 5.41) is 10.3. The maximum absolute atomic E-state index is 12.7. The predicted molar refractivity (Wildman–Crippen MR) is 151 cm³/mol. The molecule has 2 aromatic rings. The Hall–Kier alpha value is -3.98. The summed E-state index contributed by atoms with van der Waals surface area (Å²) in [6, 6.07) is 9.34. The maximum atomic E-state index is 12.7. The number of hydrogen-bond acceptors (Lipinski definition) is 7. The Morgan fingerprint density at radius 2 is 2.05 bits per heavy atom. The van der Waals surface area contributed by atoms with Crippen molar-refractivity contribution in [3.05, 3.63) is 76.4 Å². The SMILES string of the molecule is CC(=NCc1ccccn1)C(=CN)/C(=C(/C(OC(C)(C)C)C(=O)O)N(C)C=O)c1ccc2c(c1C)CCCO2. The number of hydrogen-bond donors (Lipinski definition) is 2. The van der Waals surface area contributed by atoms with Gasteiger partial charge in [0.1, 0.15) is 5.75 Å². The van der Waals surface area contributed by atoms with E-state index in [0.29, 0.717) is 36.4 Å². The number of aliphatic carboxylic acids is 1. The number of carbonyl (C=O) groups is 2. The second-order valence-corrected chi connectivity index (χ2v) is 10.4. The molecular weight excluding hydrogens is 496 g/mol. The molecule has 1 aliphatic heterocycles. The fraction of sp³-hybridized carbons (Fsp3) is 0.400. The molecule has 39 heavy (non-hydrogen) atoms. The van der Waals surface area contributed by atoms with Crippen LogP contribution in [-0.4, -0.2) is 58.4 Å². The molecule has 0 saturated heterocycles. The number of nitrogens with two attached hydrogens (primary N) is 1. The van der Waals surface area contributed by atoms with Crippen LogP contribution in [0.4, 0.5) is 0 Å². The average Bonchev–Trinajstić information content (AvgIpc) is 2.91. The first kappa shape index (κ1) is 29.6. The van der Waals surface area contributed by atoms with Gasteiger partial charge in [-0.05, 0) is 82.3 Å². The number of carboxylic acid groups (broad SMARTS) is 1. The van der Waals surface area contributed by atoms with E-state index >= 15 is 0 Å². The normalized spacial score (nSPS) is 15.5. The molecule has 2 heterocycles. The van der Waals surface area contributed by atoms with E-state index in [1.54, 1.807) is 33.9 Å². The van der Waals surface area contributed by atoms with E-state index in [2.05, 4.69) is 4.98 Å². The van der Waals surface area contributed by atoms with E-state index in [-0.39, 0.29) is 5.70 Å². The molecule has 208 valence electrons. The summed E-state index contributed by atoms with van der Waals surface area (Å²) in [6.45, 7) is 10.0. The van der Waals surface area contributed by atoms with E-state index in [1.165, 1.54) is 18.1 Å². The smallest absolute Gasteiger partial charge is 0.339 e. The Kier molecular flexibility index (Phi) is 9.64. The zero-order valence-corrected chi connectivity index (χ0v) is 23.5. The van der Waals surface area contributed by atoms with Crippen LogP contribution < -0.4 is 10.5 Å². The van der Waals surface area contributed by atoms with E-state index in [9.17, 15) is 14.7 Å². The first-order chi connectivity index (χ1) is 18.5. The largest absolute Gasteiger partial charge is 0.493 e. The molecule has 1 aromatic heterocycles. The maximum Gasteiger partial charge on any atom is 0.339 e. The lowest BCUT2D eigenvalue weighted by Gasteiger charge is -2.32.